The molecule has 0 amide bonds. The zero-order chi connectivity index (χ0) is 17.4. The van der Waals surface area contributed by atoms with Crippen LogP contribution in [0, 0.1) is 6.92 Å². The highest BCUT2D eigenvalue weighted by Crippen LogP contribution is 2.37. The lowest BCUT2D eigenvalue weighted by atomic mass is 10.1. The first-order valence-electron chi connectivity index (χ1n) is 7.53. The molecule has 0 unspecified atom stereocenters. The van der Waals surface area contributed by atoms with Crippen molar-refractivity contribution in [3.8, 4) is 11.3 Å². The van der Waals surface area contributed by atoms with Gasteiger partial charge >= 0.3 is 5.97 Å². The van der Waals surface area contributed by atoms with Gasteiger partial charge in [0.05, 0.1) is 17.5 Å². The Morgan fingerprint density at radius 3 is 2.58 bits per heavy atom. The van der Waals surface area contributed by atoms with Crippen LogP contribution in [-0.2, 0) is 4.74 Å². The fraction of sp³-hybridized carbons (Fsp3) is 0.222. The van der Waals surface area contributed by atoms with Crippen LogP contribution in [0.25, 0.3) is 21.5 Å². The summed E-state index contributed by atoms with van der Waals surface area (Å²) in [6, 6.07) is 9.95. The third-order valence-corrected chi connectivity index (χ3v) is 5.17. The molecule has 6 heteroatoms. The molecule has 0 aliphatic rings. The molecule has 124 valence electrons. The lowest BCUT2D eigenvalue weighted by molar-refractivity contribution is 0.0385. The first-order chi connectivity index (χ1) is 11.4. The van der Waals surface area contributed by atoms with Crippen LogP contribution in [0.15, 0.2) is 34.8 Å². The number of esters is 1. The summed E-state index contributed by atoms with van der Waals surface area (Å²) in [4.78, 5) is 18.1. The van der Waals surface area contributed by atoms with Gasteiger partial charge in [-0.2, -0.15) is 0 Å². The highest BCUT2D eigenvalue weighted by atomic mass is 79.9. The van der Waals surface area contributed by atoms with E-state index in [1.165, 1.54) is 11.3 Å². The van der Waals surface area contributed by atoms with Crippen molar-refractivity contribution in [1.82, 2.24) is 4.98 Å². The first kappa shape index (κ1) is 16.9. The Hall–Kier alpha value is -1.92. The maximum atomic E-state index is 12.2. The Morgan fingerprint density at radius 2 is 1.96 bits per heavy atom. The lowest BCUT2D eigenvalue weighted by Crippen LogP contribution is -2.11. The van der Waals surface area contributed by atoms with Crippen molar-refractivity contribution in [3.05, 3.63) is 45.2 Å². The summed E-state index contributed by atoms with van der Waals surface area (Å²) in [5, 5.41) is 0.830. The summed E-state index contributed by atoms with van der Waals surface area (Å²) in [5.41, 5.74) is 9.51. The van der Waals surface area contributed by atoms with Gasteiger partial charge in [0.1, 0.15) is 9.71 Å². The van der Waals surface area contributed by atoms with E-state index in [1.54, 1.807) is 0 Å². The number of thiophene rings is 1. The van der Waals surface area contributed by atoms with Gasteiger partial charge in [-0.15, -0.1) is 11.3 Å². The van der Waals surface area contributed by atoms with Crippen LogP contribution in [-0.4, -0.2) is 17.1 Å². The van der Waals surface area contributed by atoms with Crippen molar-refractivity contribution in [2.24, 2.45) is 0 Å². The standard InChI is InChI=1S/C18H17BrN2O2S/c1-9(2)23-18(22)16-15(20)14-10(3)8-13(21-17(14)24-16)11-4-6-12(19)7-5-11/h4-9H,20H2,1-3H3. The Morgan fingerprint density at radius 1 is 1.29 bits per heavy atom. The number of aryl methyl sites for hydroxylation is 1. The van der Waals surface area contributed by atoms with Gasteiger partial charge in [0, 0.05) is 15.4 Å². The van der Waals surface area contributed by atoms with Crippen molar-refractivity contribution in [2.75, 3.05) is 5.73 Å². The second-order valence-corrected chi connectivity index (χ2v) is 7.73. The number of hydrogen-bond donors (Lipinski definition) is 1. The van der Waals surface area contributed by atoms with E-state index in [9.17, 15) is 4.79 Å². The number of nitrogens with zero attached hydrogens (tertiary/aromatic N) is 1. The average Bonchev–Trinajstić information content (AvgIpc) is 2.85. The van der Waals surface area contributed by atoms with Gasteiger partial charge in [-0.25, -0.2) is 9.78 Å². The number of fused-ring (bicyclic) bond motifs is 1. The highest BCUT2D eigenvalue weighted by molar-refractivity contribution is 9.10. The molecular formula is C18H17BrN2O2S. The number of aromatic nitrogens is 1. The number of carbonyl (C=O) groups excluding carboxylic acids is 1. The maximum absolute atomic E-state index is 12.2. The number of pyridine rings is 1. The molecule has 2 heterocycles. The Labute approximate surface area is 152 Å². The van der Waals surface area contributed by atoms with E-state index in [1.807, 2.05) is 51.1 Å². The number of anilines is 1. The molecule has 0 saturated carbocycles. The van der Waals surface area contributed by atoms with Crippen molar-refractivity contribution < 1.29 is 9.53 Å². The topological polar surface area (TPSA) is 65.2 Å². The number of halogens is 1. The summed E-state index contributed by atoms with van der Waals surface area (Å²) < 4.78 is 6.29. The predicted molar refractivity (Wildman–Crippen MR) is 102 cm³/mol. The molecule has 2 N–H and O–H groups in total. The second kappa shape index (κ2) is 6.53. The molecule has 0 saturated heterocycles. The van der Waals surface area contributed by atoms with Crippen LogP contribution in [0.1, 0.15) is 29.1 Å². The molecule has 3 rings (SSSR count). The summed E-state index contributed by atoms with van der Waals surface area (Å²) in [5.74, 6) is -0.393. The Balaban J connectivity index is 2.11. The molecule has 0 radical (unpaired) electrons. The number of rotatable bonds is 3. The molecule has 1 aromatic carbocycles. The molecule has 0 spiro atoms. The number of carbonyl (C=O) groups is 1. The monoisotopic (exact) mass is 404 g/mol. The van der Waals surface area contributed by atoms with Gasteiger partial charge in [-0.3, -0.25) is 0 Å². The summed E-state index contributed by atoms with van der Waals surface area (Å²) in [7, 11) is 0. The van der Waals surface area contributed by atoms with Gasteiger partial charge in [0.15, 0.2) is 0 Å². The van der Waals surface area contributed by atoms with E-state index in [2.05, 4.69) is 15.9 Å². The number of hydrogen-bond acceptors (Lipinski definition) is 5. The largest absolute Gasteiger partial charge is 0.459 e. The van der Waals surface area contributed by atoms with Crippen LogP contribution >= 0.6 is 27.3 Å². The summed E-state index contributed by atoms with van der Waals surface area (Å²) >= 11 is 4.71. The third kappa shape index (κ3) is 3.16. The quantitative estimate of drug-likeness (QED) is 0.610. The van der Waals surface area contributed by atoms with Gasteiger partial charge in [-0.1, -0.05) is 28.1 Å². The molecule has 24 heavy (non-hydrogen) atoms. The van der Waals surface area contributed by atoms with Crippen LogP contribution in [0.2, 0.25) is 0 Å². The fourth-order valence-electron chi connectivity index (χ4n) is 2.50. The van der Waals surface area contributed by atoms with Crippen LogP contribution in [0.3, 0.4) is 0 Å². The third-order valence-electron chi connectivity index (χ3n) is 3.56. The molecule has 0 fully saturated rings. The summed E-state index contributed by atoms with van der Waals surface area (Å²) in [6.07, 6.45) is -0.186. The minimum atomic E-state index is -0.393. The number of ether oxygens (including phenoxy) is 1. The molecule has 4 nitrogen and oxygen atoms in total. The Bertz CT molecular complexity index is 917. The molecule has 3 aromatic rings. The Kier molecular flexibility index (Phi) is 4.60. The van der Waals surface area contributed by atoms with Crippen LogP contribution < -0.4 is 5.73 Å². The second-order valence-electron chi connectivity index (χ2n) is 5.81. The van der Waals surface area contributed by atoms with E-state index in [0.29, 0.717) is 10.6 Å². The number of nitrogens with two attached hydrogens (primary N) is 1. The molecule has 0 aliphatic carbocycles. The predicted octanol–water partition coefficient (Wildman–Crippen LogP) is 5.18. The van der Waals surface area contributed by atoms with Crippen LogP contribution in [0.5, 0.6) is 0 Å². The van der Waals surface area contributed by atoms with E-state index in [4.69, 9.17) is 15.5 Å². The highest BCUT2D eigenvalue weighted by Gasteiger charge is 2.21. The molecular weight excluding hydrogens is 388 g/mol. The average molecular weight is 405 g/mol. The normalized spacial score (nSPS) is 11.2. The van der Waals surface area contributed by atoms with Crippen molar-refractivity contribution in [3.63, 3.8) is 0 Å². The van der Waals surface area contributed by atoms with E-state index >= 15 is 0 Å². The summed E-state index contributed by atoms with van der Waals surface area (Å²) in [6.45, 7) is 5.61. The SMILES string of the molecule is Cc1cc(-c2ccc(Br)cc2)nc2sc(C(=O)OC(C)C)c(N)c12. The molecule has 0 aliphatic heterocycles. The van der Waals surface area contributed by atoms with E-state index in [0.717, 1.165) is 31.5 Å². The zero-order valence-corrected chi connectivity index (χ0v) is 16.0. The van der Waals surface area contributed by atoms with Gasteiger partial charge in [0.25, 0.3) is 0 Å². The number of benzene rings is 1. The lowest BCUT2D eigenvalue weighted by Gasteiger charge is -2.06. The molecule has 0 bridgehead atoms. The molecule has 2 aromatic heterocycles. The minimum absolute atomic E-state index is 0.186. The van der Waals surface area contributed by atoms with Gasteiger partial charge in [0.2, 0.25) is 0 Å². The van der Waals surface area contributed by atoms with Gasteiger partial charge < -0.3 is 10.5 Å². The first-order valence-corrected chi connectivity index (χ1v) is 9.14. The number of nitrogen functional groups attached to an aromatic ring is 1. The van der Waals surface area contributed by atoms with Crippen molar-refractivity contribution >= 4 is 49.1 Å². The zero-order valence-electron chi connectivity index (χ0n) is 13.6. The van der Waals surface area contributed by atoms with E-state index < -0.39 is 5.97 Å². The van der Waals surface area contributed by atoms with Crippen LogP contribution in [0.4, 0.5) is 5.69 Å². The smallest absolute Gasteiger partial charge is 0.350 e. The van der Waals surface area contributed by atoms with Crippen molar-refractivity contribution in [2.45, 2.75) is 26.9 Å². The molecule has 0 atom stereocenters. The van der Waals surface area contributed by atoms with Crippen molar-refractivity contribution in [1.29, 1.82) is 0 Å². The minimum Gasteiger partial charge on any atom is -0.459 e. The van der Waals surface area contributed by atoms with Gasteiger partial charge in [-0.05, 0) is 44.5 Å². The maximum Gasteiger partial charge on any atom is 0.350 e. The fourth-order valence-corrected chi connectivity index (χ4v) is 3.82. The van der Waals surface area contributed by atoms with E-state index in [-0.39, 0.29) is 6.10 Å².